The smallest absolute Gasteiger partial charge is 0.172 e. The molecule has 258 valence electrons. The van der Waals surface area contributed by atoms with Gasteiger partial charge < -0.3 is 4.57 Å². The van der Waals surface area contributed by atoms with E-state index in [0.717, 1.165) is 87.8 Å². The van der Waals surface area contributed by atoms with Gasteiger partial charge in [-0.2, -0.15) is 0 Å². The van der Waals surface area contributed by atoms with Crippen LogP contribution in [-0.4, -0.2) is 9.55 Å². The van der Waals surface area contributed by atoms with E-state index >= 15 is 4.57 Å². The van der Waals surface area contributed by atoms with Crippen LogP contribution in [0, 0.1) is 0 Å². The van der Waals surface area contributed by atoms with E-state index in [-0.39, 0.29) is 0 Å². The zero-order valence-corrected chi connectivity index (χ0v) is 30.7. The first-order chi connectivity index (χ1) is 27.1. The molecule has 11 rings (SSSR count). The van der Waals surface area contributed by atoms with Gasteiger partial charge in [0.2, 0.25) is 0 Å². The zero-order chi connectivity index (χ0) is 36.5. The summed E-state index contributed by atoms with van der Waals surface area (Å²) in [6.07, 6.45) is 0. The van der Waals surface area contributed by atoms with Crippen LogP contribution in [0.1, 0.15) is 0 Å². The average Bonchev–Trinajstić information content (AvgIpc) is 3.73. The van der Waals surface area contributed by atoms with E-state index in [1.54, 1.807) is 0 Å². The summed E-state index contributed by atoms with van der Waals surface area (Å²) in [5.41, 5.74) is 10.7. The monoisotopic (exact) mass is 720 g/mol. The first-order valence-corrected chi connectivity index (χ1v) is 20.4. The number of para-hydroxylation sites is 1. The summed E-state index contributed by atoms with van der Waals surface area (Å²) in [5.74, 6) is 0.831. The van der Waals surface area contributed by atoms with Gasteiger partial charge >= 0.3 is 0 Å². The molecule has 1 atom stereocenters. The Balaban J connectivity index is 1.19. The first kappa shape index (κ1) is 31.7. The van der Waals surface area contributed by atoms with Crippen LogP contribution in [-0.2, 0) is 4.57 Å². The number of hydrogen-bond donors (Lipinski definition) is 0. The van der Waals surface area contributed by atoms with Gasteiger partial charge in [-0.15, -0.1) is 0 Å². The fourth-order valence-corrected chi connectivity index (χ4v) is 11.7. The Hall–Kier alpha value is -6.80. The van der Waals surface area contributed by atoms with Gasteiger partial charge in [-0.3, -0.25) is 4.57 Å². The molecule has 0 amide bonds. The van der Waals surface area contributed by atoms with Gasteiger partial charge in [0.1, 0.15) is 5.82 Å². The average molecular weight is 721 g/mol. The van der Waals surface area contributed by atoms with E-state index in [0.29, 0.717) is 0 Å². The van der Waals surface area contributed by atoms with Crippen LogP contribution in [0.2, 0.25) is 0 Å². The maximum Gasteiger partial charge on any atom is 0.172 e. The van der Waals surface area contributed by atoms with Crippen LogP contribution < -0.4 is 15.9 Å². The molecule has 2 aromatic heterocycles. The van der Waals surface area contributed by atoms with Crippen molar-refractivity contribution >= 4 is 55.6 Å². The van der Waals surface area contributed by atoms with E-state index in [2.05, 4.69) is 162 Å². The van der Waals surface area contributed by atoms with Gasteiger partial charge in [0.15, 0.2) is 7.14 Å². The minimum Gasteiger partial charge on any atom is -0.309 e. The third kappa shape index (κ3) is 4.91. The molecule has 8 aromatic carbocycles. The fraction of sp³-hybridized carbons (Fsp3) is 0. The van der Waals surface area contributed by atoms with E-state index in [4.69, 9.17) is 4.98 Å². The third-order valence-corrected chi connectivity index (χ3v) is 14.3. The van der Waals surface area contributed by atoms with Crippen molar-refractivity contribution in [3.63, 3.8) is 0 Å². The molecule has 0 fully saturated rings. The number of hydrogen-bond acceptors (Lipinski definition) is 2. The molecule has 0 spiro atoms. The molecule has 0 saturated heterocycles. The minimum atomic E-state index is -3.20. The Morgan fingerprint density at radius 3 is 1.76 bits per heavy atom. The second-order valence-electron chi connectivity index (χ2n) is 14.3. The number of pyridine rings is 1. The van der Waals surface area contributed by atoms with Gasteiger partial charge in [-0.25, -0.2) is 4.98 Å². The van der Waals surface area contributed by atoms with Crippen LogP contribution in [0.4, 0.5) is 0 Å². The van der Waals surface area contributed by atoms with Gasteiger partial charge in [0.05, 0.1) is 16.7 Å². The molecule has 1 aliphatic rings. The highest BCUT2D eigenvalue weighted by Gasteiger charge is 2.41. The Morgan fingerprint density at radius 2 is 1.02 bits per heavy atom. The molecule has 0 N–H and O–H groups in total. The lowest BCUT2D eigenvalue weighted by molar-refractivity contribution is 0.593. The van der Waals surface area contributed by atoms with Crippen LogP contribution >= 0.6 is 7.14 Å². The molecule has 0 radical (unpaired) electrons. The predicted octanol–water partition coefficient (Wildman–Crippen LogP) is 12.0. The molecule has 0 aliphatic carbocycles. The van der Waals surface area contributed by atoms with Crippen LogP contribution in [0.15, 0.2) is 200 Å². The van der Waals surface area contributed by atoms with E-state index in [9.17, 15) is 0 Å². The summed E-state index contributed by atoms with van der Waals surface area (Å²) in [6, 6.07) is 69.9. The van der Waals surface area contributed by atoms with Crippen molar-refractivity contribution < 1.29 is 4.57 Å². The van der Waals surface area contributed by atoms with E-state index < -0.39 is 7.14 Å². The topological polar surface area (TPSA) is 34.9 Å². The van der Waals surface area contributed by atoms with Crippen LogP contribution in [0.5, 0.6) is 0 Å². The van der Waals surface area contributed by atoms with E-state index in [1.165, 1.54) is 11.1 Å². The van der Waals surface area contributed by atoms with E-state index in [1.807, 2.05) is 42.5 Å². The third-order valence-electron chi connectivity index (χ3n) is 11.2. The Kier molecular flexibility index (Phi) is 7.14. The number of benzene rings is 8. The molecular weight excluding hydrogens is 688 g/mol. The van der Waals surface area contributed by atoms with Crippen molar-refractivity contribution in [2.24, 2.45) is 0 Å². The van der Waals surface area contributed by atoms with Crippen molar-refractivity contribution in [3.05, 3.63) is 200 Å². The Bertz CT molecular complexity index is 3150. The van der Waals surface area contributed by atoms with Crippen molar-refractivity contribution in [3.8, 4) is 50.5 Å². The minimum absolute atomic E-state index is 0.831. The van der Waals surface area contributed by atoms with Gasteiger partial charge in [-0.05, 0) is 75.0 Å². The lowest BCUT2D eigenvalue weighted by Crippen LogP contribution is -2.20. The lowest BCUT2D eigenvalue weighted by atomic mass is 9.97. The largest absolute Gasteiger partial charge is 0.309 e. The fourth-order valence-electron chi connectivity index (χ4n) is 8.60. The molecule has 1 aliphatic heterocycles. The Labute approximate surface area is 319 Å². The van der Waals surface area contributed by atoms with Crippen molar-refractivity contribution in [1.82, 2.24) is 9.55 Å². The highest BCUT2D eigenvalue weighted by Crippen LogP contribution is 2.55. The summed E-state index contributed by atoms with van der Waals surface area (Å²) in [6.45, 7) is 0. The number of rotatable bonds is 5. The second kappa shape index (κ2) is 12.4. The summed E-state index contributed by atoms with van der Waals surface area (Å²) >= 11 is 0. The summed E-state index contributed by atoms with van der Waals surface area (Å²) in [5, 5.41) is 7.06. The van der Waals surface area contributed by atoms with Crippen LogP contribution in [0.25, 0.3) is 83.0 Å². The van der Waals surface area contributed by atoms with Gasteiger partial charge in [0, 0.05) is 37.8 Å². The highest BCUT2D eigenvalue weighted by atomic mass is 31.2. The zero-order valence-electron chi connectivity index (χ0n) is 29.8. The highest BCUT2D eigenvalue weighted by molar-refractivity contribution is 7.86. The predicted molar refractivity (Wildman–Crippen MR) is 231 cm³/mol. The van der Waals surface area contributed by atoms with Gasteiger partial charge in [-0.1, -0.05) is 164 Å². The molecule has 4 heteroatoms. The summed E-state index contributed by atoms with van der Waals surface area (Å²) in [4.78, 5) is 5.41. The van der Waals surface area contributed by atoms with Crippen molar-refractivity contribution in [1.29, 1.82) is 0 Å². The normalized spacial score (nSPS) is 14.7. The van der Waals surface area contributed by atoms with Crippen molar-refractivity contribution in [2.75, 3.05) is 0 Å². The molecule has 1 unspecified atom stereocenters. The quantitative estimate of drug-likeness (QED) is 0.166. The molecule has 10 aromatic rings. The molecule has 3 nitrogen and oxygen atoms in total. The van der Waals surface area contributed by atoms with Gasteiger partial charge in [0.25, 0.3) is 0 Å². The van der Waals surface area contributed by atoms with Crippen LogP contribution in [0.3, 0.4) is 0 Å². The number of nitrogens with zero attached hydrogens (tertiary/aromatic N) is 2. The molecule has 0 bridgehead atoms. The SMILES string of the molecule is O=P1(c2ccccc2)c2cc3c4ccccc4n(-c4cc(-c5ccc(-c6ccccc6)cc5)cc(-c5ccccc5)n4)c3cc2-c2c1ccc1ccccc21. The van der Waals surface area contributed by atoms with Crippen molar-refractivity contribution in [2.45, 2.75) is 0 Å². The summed E-state index contributed by atoms with van der Waals surface area (Å²) in [7, 11) is -3.20. The number of aromatic nitrogens is 2. The second-order valence-corrected chi connectivity index (χ2v) is 17.0. The maximum absolute atomic E-state index is 15.9. The summed E-state index contributed by atoms with van der Waals surface area (Å²) < 4.78 is 18.2. The first-order valence-electron chi connectivity index (χ1n) is 18.6. The molecule has 55 heavy (non-hydrogen) atoms. The number of fused-ring (bicyclic) bond motifs is 8. The standard InChI is InChI=1S/C51H33N2OP/c54-55(40-19-8-3-9-20-40)48-29-28-37-16-10-11-21-41(37)51(48)44-32-47-43(33-49(44)55)42-22-12-13-23-46(42)53(47)50-31-39(30-45(52-50)38-17-6-2-7-18-38)36-26-24-35(25-27-36)34-14-4-1-5-15-34/h1-33H. The molecule has 3 heterocycles. The Morgan fingerprint density at radius 1 is 0.418 bits per heavy atom. The lowest BCUT2D eigenvalue weighted by Gasteiger charge is -2.16. The maximum atomic E-state index is 15.9. The molecule has 0 saturated carbocycles. The molecular formula is C51H33N2OP.